The normalized spacial score (nSPS) is 19.8. The molecule has 1 fully saturated rings. The lowest BCUT2D eigenvalue weighted by Crippen LogP contribution is -2.22. The molecule has 1 aliphatic rings. The first-order chi connectivity index (χ1) is 8.61. The summed E-state index contributed by atoms with van der Waals surface area (Å²) in [6.07, 6.45) is 3.16. The Hall–Kier alpha value is -0.800. The van der Waals surface area contributed by atoms with Crippen molar-refractivity contribution in [3.05, 3.63) is 22.8 Å². The van der Waals surface area contributed by atoms with Crippen molar-refractivity contribution in [3.63, 3.8) is 0 Å². The molecule has 0 radical (unpaired) electrons. The zero-order chi connectivity index (χ0) is 13.1. The van der Waals surface area contributed by atoms with Gasteiger partial charge in [0.2, 0.25) is 0 Å². The van der Waals surface area contributed by atoms with Crippen LogP contribution in [0.1, 0.15) is 25.8 Å². The van der Waals surface area contributed by atoms with E-state index in [4.69, 9.17) is 11.6 Å². The summed E-state index contributed by atoms with van der Waals surface area (Å²) < 4.78 is 0. The van der Waals surface area contributed by atoms with Crippen molar-refractivity contribution >= 4 is 17.4 Å². The number of hydrogen-bond donors (Lipinski definition) is 1. The minimum Gasteiger partial charge on any atom is -0.355 e. The third kappa shape index (κ3) is 2.96. The average Bonchev–Trinajstić information content (AvgIpc) is 2.79. The van der Waals surface area contributed by atoms with E-state index in [0.29, 0.717) is 0 Å². The average molecular weight is 268 g/mol. The van der Waals surface area contributed by atoms with Gasteiger partial charge in [-0.2, -0.15) is 0 Å². The largest absolute Gasteiger partial charge is 0.355 e. The van der Waals surface area contributed by atoms with Crippen molar-refractivity contribution in [2.75, 3.05) is 25.0 Å². The van der Waals surface area contributed by atoms with Crippen LogP contribution < -0.4 is 10.2 Å². The molecule has 1 unspecified atom stereocenters. The van der Waals surface area contributed by atoms with Crippen LogP contribution in [0.3, 0.4) is 0 Å². The molecule has 0 bridgehead atoms. The van der Waals surface area contributed by atoms with Crippen LogP contribution in [0, 0.1) is 11.8 Å². The van der Waals surface area contributed by atoms with Gasteiger partial charge in [0, 0.05) is 25.8 Å². The number of nitrogens with one attached hydrogen (secondary N) is 1. The Morgan fingerprint density at radius 3 is 2.89 bits per heavy atom. The molecule has 0 saturated carbocycles. The predicted octanol–water partition coefficient (Wildman–Crippen LogP) is 2.94. The van der Waals surface area contributed by atoms with Gasteiger partial charge in [-0.25, -0.2) is 4.98 Å². The van der Waals surface area contributed by atoms with Crippen LogP contribution in [-0.4, -0.2) is 25.1 Å². The molecule has 100 valence electrons. The van der Waals surface area contributed by atoms with Gasteiger partial charge in [-0.15, -0.1) is 0 Å². The van der Waals surface area contributed by atoms with E-state index >= 15 is 0 Å². The van der Waals surface area contributed by atoms with Crippen LogP contribution in [0.2, 0.25) is 5.02 Å². The molecule has 1 saturated heterocycles. The summed E-state index contributed by atoms with van der Waals surface area (Å²) in [4.78, 5) is 6.84. The number of nitrogens with zero attached hydrogens (tertiary/aromatic N) is 2. The molecule has 1 aliphatic heterocycles. The van der Waals surface area contributed by atoms with Crippen molar-refractivity contribution in [3.8, 4) is 0 Å². The second-order valence-electron chi connectivity index (χ2n) is 5.42. The third-order valence-corrected chi connectivity index (χ3v) is 4.00. The first-order valence-electron chi connectivity index (χ1n) is 6.65. The molecule has 1 atom stereocenters. The van der Waals surface area contributed by atoms with E-state index in [1.54, 1.807) is 0 Å². The van der Waals surface area contributed by atoms with Crippen molar-refractivity contribution in [2.24, 2.45) is 11.8 Å². The van der Waals surface area contributed by atoms with E-state index in [0.717, 1.165) is 47.9 Å². The van der Waals surface area contributed by atoms with Gasteiger partial charge in [-0.1, -0.05) is 25.4 Å². The number of anilines is 1. The Balaban J connectivity index is 2.10. The Morgan fingerprint density at radius 2 is 2.33 bits per heavy atom. The van der Waals surface area contributed by atoms with Gasteiger partial charge in [0.15, 0.2) is 0 Å². The van der Waals surface area contributed by atoms with Crippen LogP contribution in [0.25, 0.3) is 0 Å². The summed E-state index contributed by atoms with van der Waals surface area (Å²) in [5, 5.41) is 3.88. The fraction of sp³-hybridized carbons (Fsp3) is 0.643. The number of aromatic nitrogens is 1. The Bertz CT molecular complexity index is 406. The predicted molar refractivity (Wildman–Crippen MR) is 77.2 cm³/mol. The summed E-state index contributed by atoms with van der Waals surface area (Å²) in [5.41, 5.74) is 1.13. The van der Waals surface area contributed by atoms with E-state index in [2.05, 4.69) is 29.0 Å². The van der Waals surface area contributed by atoms with Crippen molar-refractivity contribution in [1.82, 2.24) is 10.3 Å². The standard InChI is InChI=1S/C14H22ClN3/c1-10(2)12-4-5-18(9-12)14-13(15)6-11(7-16-3)8-17-14/h6,8,10,12,16H,4-5,7,9H2,1-3H3. The quantitative estimate of drug-likeness (QED) is 0.909. The molecule has 1 N–H and O–H groups in total. The van der Waals surface area contributed by atoms with E-state index in [1.807, 2.05) is 19.3 Å². The fourth-order valence-electron chi connectivity index (χ4n) is 2.53. The second kappa shape index (κ2) is 5.89. The molecule has 18 heavy (non-hydrogen) atoms. The molecular formula is C14H22ClN3. The van der Waals surface area contributed by atoms with E-state index in [9.17, 15) is 0 Å². The zero-order valence-corrected chi connectivity index (χ0v) is 12.2. The summed E-state index contributed by atoms with van der Waals surface area (Å²) in [6.45, 7) is 7.54. The summed E-state index contributed by atoms with van der Waals surface area (Å²) in [7, 11) is 1.93. The van der Waals surface area contributed by atoms with Crippen LogP contribution in [0.4, 0.5) is 5.82 Å². The van der Waals surface area contributed by atoms with E-state index in [-0.39, 0.29) is 0 Å². The second-order valence-corrected chi connectivity index (χ2v) is 5.83. The Morgan fingerprint density at radius 1 is 1.56 bits per heavy atom. The van der Waals surface area contributed by atoms with Crippen molar-refractivity contribution in [1.29, 1.82) is 0 Å². The van der Waals surface area contributed by atoms with Gasteiger partial charge < -0.3 is 10.2 Å². The maximum Gasteiger partial charge on any atom is 0.147 e. The van der Waals surface area contributed by atoms with Gasteiger partial charge in [-0.3, -0.25) is 0 Å². The minimum absolute atomic E-state index is 0.734. The molecule has 4 heteroatoms. The van der Waals surface area contributed by atoms with Crippen LogP contribution in [0.5, 0.6) is 0 Å². The SMILES string of the molecule is CNCc1cnc(N2CCC(C(C)C)C2)c(Cl)c1. The highest BCUT2D eigenvalue weighted by atomic mass is 35.5. The number of rotatable bonds is 4. The Labute approximate surface area is 115 Å². The highest BCUT2D eigenvalue weighted by Gasteiger charge is 2.26. The molecule has 0 aromatic carbocycles. The van der Waals surface area contributed by atoms with Crippen LogP contribution in [-0.2, 0) is 6.54 Å². The molecule has 1 aromatic rings. The molecule has 3 nitrogen and oxygen atoms in total. The topological polar surface area (TPSA) is 28.2 Å². The smallest absolute Gasteiger partial charge is 0.147 e. The third-order valence-electron chi connectivity index (χ3n) is 3.73. The molecule has 2 heterocycles. The summed E-state index contributed by atoms with van der Waals surface area (Å²) in [5.74, 6) is 2.44. The first-order valence-corrected chi connectivity index (χ1v) is 7.03. The van der Waals surface area contributed by atoms with Gasteiger partial charge in [0.05, 0.1) is 5.02 Å². The Kier molecular flexibility index (Phi) is 4.46. The molecule has 2 rings (SSSR count). The highest BCUT2D eigenvalue weighted by molar-refractivity contribution is 6.33. The molecule has 0 spiro atoms. The lowest BCUT2D eigenvalue weighted by Gasteiger charge is -2.20. The maximum absolute atomic E-state index is 6.34. The number of halogens is 1. The van der Waals surface area contributed by atoms with Crippen molar-refractivity contribution in [2.45, 2.75) is 26.8 Å². The van der Waals surface area contributed by atoms with E-state index < -0.39 is 0 Å². The number of hydrogen-bond acceptors (Lipinski definition) is 3. The molecular weight excluding hydrogens is 246 g/mol. The van der Waals surface area contributed by atoms with Gasteiger partial charge in [-0.05, 0) is 36.9 Å². The van der Waals surface area contributed by atoms with Crippen LogP contribution in [0.15, 0.2) is 12.3 Å². The van der Waals surface area contributed by atoms with Gasteiger partial charge >= 0.3 is 0 Å². The minimum atomic E-state index is 0.734. The molecule has 0 aliphatic carbocycles. The number of pyridine rings is 1. The van der Waals surface area contributed by atoms with Gasteiger partial charge in [0.25, 0.3) is 0 Å². The van der Waals surface area contributed by atoms with Crippen molar-refractivity contribution < 1.29 is 0 Å². The zero-order valence-electron chi connectivity index (χ0n) is 11.4. The lowest BCUT2D eigenvalue weighted by atomic mass is 9.95. The summed E-state index contributed by atoms with van der Waals surface area (Å²) in [6, 6.07) is 2.02. The van der Waals surface area contributed by atoms with Crippen LogP contribution >= 0.6 is 11.6 Å². The highest BCUT2D eigenvalue weighted by Crippen LogP contribution is 2.31. The molecule has 0 amide bonds. The maximum atomic E-state index is 6.34. The lowest BCUT2D eigenvalue weighted by molar-refractivity contribution is 0.422. The summed E-state index contributed by atoms with van der Waals surface area (Å²) >= 11 is 6.34. The van der Waals surface area contributed by atoms with Gasteiger partial charge in [0.1, 0.15) is 5.82 Å². The first kappa shape index (κ1) is 13.6. The molecule has 1 aromatic heterocycles. The monoisotopic (exact) mass is 267 g/mol. The fourth-order valence-corrected chi connectivity index (χ4v) is 2.84. The van der Waals surface area contributed by atoms with E-state index in [1.165, 1.54) is 6.42 Å².